The SMILES string of the molecule is COC(=O)c1ccc(CN(C(=O)N2CCOCC2)c2nc(-c3ccccc3)cs2)cc1. The van der Waals surface area contributed by atoms with Gasteiger partial charge in [0.05, 0.1) is 38.1 Å². The lowest BCUT2D eigenvalue weighted by Gasteiger charge is -2.31. The van der Waals surface area contributed by atoms with Crippen LogP contribution in [0.15, 0.2) is 60.0 Å². The van der Waals surface area contributed by atoms with Crippen molar-refractivity contribution in [1.82, 2.24) is 9.88 Å². The Morgan fingerprint density at radius 3 is 2.48 bits per heavy atom. The molecule has 0 N–H and O–H groups in total. The third-order valence-corrected chi connectivity index (χ3v) is 5.88. The number of morpholine rings is 1. The largest absolute Gasteiger partial charge is 0.465 e. The number of anilines is 1. The Balaban J connectivity index is 1.61. The second-order valence-corrected chi connectivity index (χ2v) is 7.87. The van der Waals surface area contributed by atoms with Crippen molar-refractivity contribution in [1.29, 1.82) is 0 Å². The molecule has 7 nitrogen and oxygen atoms in total. The lowest BCUT2D eigenvalue weighted by molar-refractivity contribution is 0.0548. The Labute approximate surface area is 184 Å². The number of methoxy groups -OCH3 is 1. The summed E-state index contributed by atoms with van der Waals surface area (Å²) >= 11 is 1.44. The fourth-order valence-corrected chi connectivity index (χ4v) is 4.15. The van der Waals surface area contributed by atoms with Crippen molar-refractivity contribution in [2.24, 2.45) is 0 Å². The number of esters is 1. The molecule has 3 aromatic rings. The van der Waals surface area contributed by atoms with Crippen LogP contribution in [0.3, 0.4) is 0 Å². The van der Waals surface area contributed by atoms with E-state index in [4.69, 9.17) is 14.5 Å². The molecule has 0 atom stereocenters. The average Bonchev–Trinajstić information content (AvgIpc) is 3.33. The standard InChI is InChI=1S/C23H23N3O4S/c1-29-21(27)19-9-7-17(8-10-19)15-26(23(28)25-11-13-30-14-12-25)22-24-20(16-31-22)18-5-3-2-4-6-18/h2-10,16H,11-15H2,1H3. The molecule has 0 spiro atoms. The Hall–Kier alpha value is -3.23. The number of benzene rings is 2. The summed E-state index contributed by atoms with van der Waals surface area (Å²) in [6.07, 6.45) is 0. The third kappa shape index (κ3) is 4.92. The van der Waals surface area contributed by atoms with Gasteiger partial charge in [0.2, 0.25) is 0 Å². The summed E-state index contributed by atoms with van der Waals surface area (Å²) in [5, 5.41) is 2.59. The highest BCUT2D eigenvalue weighted by Crippen LogP contribution is 2.29. The van der Waals surface area contributed by atoms with Crippen LogP contribution in [0.5, 0.6) is 0 Å². The molecule has 31 heavy (non-hydrogen) atoms. The van der Waals surface area contributed by atoms with Crippen LogP contribution >= 0.6 is 11.3 Å². The summed E-state index contributed by atoms with van der Waals surface area (Å²) < 4.78 is 10.2. The zero-order valence-electron chi connectivity index (χ0n) is 17.2. The highest BCUT2D eigenvalue weighted by atomic mass is 32.1. The monoisotopic (exact) mass is 437 g/mol. The average molecular weight is 438 g/mol. The molecule has 1 saturated heterocycles. The van der Waals surface area contributed by atoms with Gasteiger partial charge in [-0.05, 0) is 17.7 Å². The van der Waals surface area contributed by atoms with E-state index in [1.165, 1.54) is 18.4 Å². The Bertz CT molecular complexity index is 1030. The van der Waals surface area contributed by atoms with Crippen molar-refractivity contribution in [3.05, 3.63) is 71.1 Å². The lowest BCUT2D eigenvalue weighted by atomic mass is 10.1. The zero-order valence-corrected chi connectivity index (χ0v) is 18.0. The van der Waals surface area contributed by atoms with Crippen LogP contribution in [-0.4, -0.2) is 55.3 Å². The van der Waals surface area contributed by atoms with Crippen LogP contribution in [-0.2, 0) is 16.0 Å². The van der Waals surface area contributed by atoms with Crippen LogP contribution in [0.1, 0.15) is 15.9 Å². The molecular weight excluding hydrogens is 414 g/mol. The van der Waals surface area contributed by atoms with Crippen molar-refractivity contribution in [3.8, 4) is 11.3 Å². The molecule has 1 aliphatic heterocycles. The first-order valence-corrected chi connectivity index (χ1v) is 10.9. The fourth-order valence-electron chi connectivity index (χ4n) is 3.32. The van der Waals surface area contributed by atoms with E-state index >= 15 is 0 Å². The van der Waals surface area contributed by atoms with Crippen molar-refractivity contribution in [2.45, 2.75) is 6.54 Å². The molecule has 2 heterocycles. The van der Waals surface area contributed by atoms with Crippen molar-refractivity contribution in [3.63, 3.8) is 0 Å². The van der Waals surface area contributed by atoms with Crippen LogP contribution < -0.4 is 4.90 Å². The molecule has 160 valence electrons. The van der Waals surface area contributed by atoms with Crippen LogP contribution in [0, 0.1) is 0 Å². The quantitative estimate of drug-likeness (QED) is 0.563. The Kier molecular flexibility index (Phi) is 6.59. The number of hydrogen-bond acceptors (Lipinski definition) is 6. The highest BCUT2D eigenvalue weighted by Gasteiger charge is 2.26. The van der Waals surface area contributed by atoms with Crippen molar-refractivity contribution < 1.29 is 19.1 Å². The number of amides is 2. The van der Waals surface area contributed by atoms with E-state index in [1.54, 1.807) is 21.9 Å². The van der Waals surface area contributed by atoms with E-state index in [-0.39, 0.29) is 12.0 Å². The van der Waals surface area contributed by atoms with E-state index in [1.807, 2.05) is 47.8 Å². The van der Waals surface area contributed by atoms with E-state index in [0.29, 0.717) is 43.5 Å². The molecule has 1 aliphatic rings. The normalized spacial score (nSPS) is 13.6. The Morgan fingerprint density at radius 1 is 1.10 bits per heavy atom. The number of ether oxygens (including phenoxy) is 2. The second-order valence-electron chi connectivity index (χ2n) is 7.04. The minimum Gasteiger partial charge on any atom is -0.465 e. The van der Waals surface area contributed by atoms with Crippen LogP contribution in [0.25, 0.3) is 11.3 Å². The van der Waals surface area contributed by atoms with Gasteiger partial charge in [-0.3, -0.25) is 4.90 Å². The lowest BCUT2D eigenvalue weighted by Crippen LogP contribution is -2.48. The summed E-state index contributed by atoms with van der Waals surface area (Å²) in [5.41, 5.74) is 3.20. The highest BCUT2D eigenvalue weighted by molar-refractivity contribution is 7.14. The molecule has 2 amide bonds. The molecular formula is C23H23N3O4S. The van der Waals surface area contributed by atoms with Gasteiger partial charge in [-0.1, -0.05) is 42.5 Å². The summed E-state index contributed by atoms with van der Waals surface area (Å²) in [5.74, 6) is -0.389. The van der Waals surface area contributed by atoms with Gasteiger partial charge in [-0.2, -0.15) is 0 Å². The molecule has 4 rings (SSSR count). The maximum Gasteiger partial charge on any atom is 0.337 e. The molecule has 0 unspecified atom stereocenters. The number of aromatic nitrogens is 1. The molecule has 0 aliphatic carbocycles. The van der Waals surface area contributed by atoms with Crippen molar-refractivity contribution >= 4 is 28.5 Å². The van der Waals surface area contributed by atoms with Gasteiger partial charge < -0.3 is 14.4 Å². The number of nitrogens with zero attached hydrogens (tertiary/aromatic N) is 3. The van der Waals surface area contributed by atoms with Gasteiger partial charge in [-0.25, -0.2) is 14.6 Å². The first kappa shape index (κ1) is 21.0. The van der Waals surface area contributed by atoms with Crippen molar-refractivity contribution in [2.75, 3.05) is 38.3 Å². The maximum atomic E-state index is 13.4. The van der Waals surface area contributed by atoms with Gasteiger partial charge in [0.15, 0.2) is 5.13 Å². The first-order chi connectivity index (χ1) is 15.2. The molecule has 1 fully saturated rings. The minimum atomic E-state index is -0.389. The third-order valence-electron chi connectivity index (χ3n) is 5.02. The van der Waals surface area contributed by atoms with Gasteiger partial charge in [-0.15, -0.1) is 11.3 Å². The molecule has 2 aromatic carbocycles. The van der Waals surface area contributed by atoms with E-state index < -0.39 is 0 Å². The number of hydrogen-bond donors (Lipinski definition) is 0. The Morgan fingerprint density at radius 2 is 1.81 bits per heavy atom. The summed E-state index contributed by atoms with van der Waals surface area (Å²) in [4.78, 5) is 33.3. The van der Waals surface area contributed by atoms with Gasteiger partial charge in [0.25, 0.3) is 0 Å². The summed E-state index contributed by atoms with van der Waals surface area (Å²) in [7, 11) is 1.35. The number of carbonyl (C=O) groups is 2. The second kappa shape index (κ2) is 9.72. The van der Waals surface area contributed by atoms with Crippen LogP contribution in [0.2, 0.25) is 0 Å². The predicted molar refractivity (Wildman–Crippen MR) is 119 cm³/mol. The van der Waals surface area contributed by atoms with Gasteiger partial charge in [0.1, 0.15) is 0 Å². The molecule has 0 radical (unpaired) electrons. The van der Waals surface area contributed by atoms with Crippen LogP contribution in [0.4, 0.5) is 9.93 Å². The maximum absolute atomic E-state index is 13.4. The summed E-state index contributed by atoms with van der Waals surface area (Å²) in [6, 6.07) is 16.9. The first-order valence-electron chi connectivity index (χ1n) is 9.98. The van der Waals surface area contributed by atoms with Gasteiger partial charge >= 0.3 is 12.0 Å². The predicted octanol–water partition coefficient (Wildman–Crippen LogP) is 4.06. The number of thiazole rings is 1. The molecule has 0 bridgehead atoms. The van der Waals surface area contributed by atoms with Gasteiger partial charge in [0, 0.05) is 24.0 Å². The molecule has 1 aromatic heterocycles. The van der Waals surface area contributed by atoms with E-state index in [0.717, 1.165) is 16.8 Å². The fraction of sp³-hybridized carbons (Fsp3) is 0.261. The number of rotatable bonds is 5. The van der Waals surface area contributed by atoms with E-state index in [2.05, 4.69) is 0 Å². The molecule has 0 saturated carbocycles. The summed E-state index contributed by atoms with van der Waals surface area (Å²) in [6.45, 7) is 2.50. The smallest absolute Gasteiger partial charge is 0.337 e. The molecule has 8 heteroatoms. The number of carbonyl (C=O) groups excluding carboxylic acids is 2. The topological polar surface area (TPSA) is 72.0 Å². The zero-order chi connectivity index (χ0) is 21.6. The number of urea groups is 1. The minimum absolute atomic E-state index is 0.102. The van der Waals surface area contributed by atoms with E-state index in [9.17, 15) is 9.59 Å².